The maximum Gasteiger partial charge on any atom is 0.261 e. The van der Waals surface area contributed by atoms with Gasteiger partial charge >= 0.3 is 0 Å². The zero-order valence-corrected chi connectivity index (χ0v) is 21.0. The molecule has 0 aromatic heterocycles. The van der Waals surface area contributed by atoms with E-state index in [0.717, 1.165) is 43.4 Å². The number of nitrogens with zero attached hydrogens (tertiary/aromatic N) is 1. The number of rotatable bonds is 7. The van der Waals surface area contributed by atoms with Gasteiger partial charge in [-0.15, -0.1) is 11.8 Å². The van der Waals surface area contributed by atoms with Gasteiger partial charge in [-0.25, -0.2) is 8.42 Å². The normalized spacial score (nSPS) is 16.9. The maximum atomic E-state index is 13.3. The van der Waals surface area contributed by atoms with Crippen molar-refractivity contribution < 1.29 is 18.0 Å². The van der Waals surface area contributed by atoms with Crippen LogP contribution >= 0.6 is 11.8 Å². The molecule has 1 saturated heterocycles. The molecule has 34 heavy (non-hydrogen) atoms. The average molecular weight is 502 g/mol. The van der Waals surface area contributed by atoms with Gasteiger partial charge in [-0.1, -0.05) is 31.4 Å². The summed E-state index contributed by atoms with van der Waals surface area (Å²) in [6, 6.07) is 11.3. The van der Waals surface area contributed by atoms with Crippen LogP contribution < -0.4 is 10.0 Å². The van der Waals surface area contributed by atoms with Crippen molar-refractivity contribution >= 4 is 39.3 Å². The number of thioether (sulfide) groups is 1. The fourth-order valence-corrected chi connectivity index (χ4v) is 6.27. The van der Waals surface area contributed by atoms with Crippen molar-refractivity contribution in [3.05, 3.63) is 53.6 Å². The quantitative estimate of drug-likeness (QED) is 0.545. The highest BCUT2D eigenvalue weighted by molar-refractivity contribution is 7.98. The summed E-state index contributed by atoms with van der Waals surface area (Å²) in [7, 11) is -4.02. The Kier molecular flexibility index (Phi) is 7.83. The SMILES string of the molecule is CSc1ccc(S(=O)(=O)Nc2ccccc2C(=O)NC2CCCCC2)cc1C(=O)N1CCCC1. The van der Waals surface area contributed by atoms with Crippen LogP contribution in [0.4, 0.5) is 5.69 Å². The van der Waals surface area contributed by atoms with Crippen LogP contribution in [0.1, 0.15) is 65.7 Å². The van der Waals surface area contributed by atoms with Crippen LogP contribution in [0.15, 0.2) is 52.3 Å². The fourth-order valence-electron chi connectivity index (χ4n) is 4.60. The molecule has 2 amide bonds. The third-order valence-electron chi connectivity index (χ3n) is 6.46. The number of benzene rings is 2. The van der Waals surface area contributed by atoms with Crippen LogP contribution in [0.2, 0.25) is 0 Å². The Morgan fingerprint density at radius 3 is 2.35 bits per heavy atom. The Morgan fingerprint density at radius 2 is 1.65 bits per heavy atom. The number of carbonyl (C=O) groups excluding carboxylic acids is 2. The standard InChI is InChI=1S/C25H31N3O4S2/c1-33-23-14-13-19(17-21(23)25(30)28-15-7-8-16-28)34(31,32)27-22-12-6-5-11-20(22)24(29)26-18-9-3-2-4-10-18/h5-6,11-14,17-18,27H,2-4,7-10,15-16H2,1H3,(H,26,29). The van der Waals surface area contributed by atoms with Crippen LogP contribution in [0, 0.1) is 0 Å². The molecule has 2 aliphatic rings. The maximum absolute atomic E-state index is 13.3. The molecule has 2 N–H and O–H groups in total. The monoisotopic (exact) mass is 501 g/mol. The number of nitrogens with one attached hydrogen (secondary N) is 2. The summed E-state index contributed by atoms with van der Waals surface area (Å²) in [6.45, 7) is 1.37. The van der Waals surface area contributed by atoms with E-state index in [1.54, 1.807) is 35.2 Å². The van der Waals surface area contributed by atoms with E-state index in [0.29, 0.717) is 18.7 Å². The molecular formula is C25H31N3O4S2. The zero-order chi connectivity index (χ0) is 24.1. The van der Waals surface area contributed by atoms with Crippen molar-refractivity contribution in [2.75, 3.05) is 24.1 Å². The van der Waals surface area contributed by atoms with Crippen LogP contribution in [-0.2, 0) is 10.0 Å². The number of para-hydroxylation sites is 1. The van der Waals surface area contributed by atoms with E-state index in [1.807, 2.05) is 6.26 Å². The molecule has 1 aliphatic carbocycles. The molecule has 0 atom stereocenters. The lowest BCUT2D eigenvalue weighted by Gasteiger charge is -2.23. The second kappa shape index (κ2) is 10.8. The summed E-state index contributed by atoms with van der Waals surface area (Å²) in [5, 5.41) is 3.04. The molecule has 1 aliphatic heterocycles. The van der Waals surface area contributed by atoms with Crippen molar-refractivity contribution in [3.8, 4) is 0 Å². The molecular weight excluding hydrogens is 470 g/mol. The van der Waals surface area contributed by atoms with Crippen molar-refractivity contribution in [2.24, 2.45) is 0 Å². The topological polar surface area (TPSA) is 95.6 Å². The van der Waals surface area contributed by atoms with Crippen molar-refractivity contribution in [1.29, 1.82) is 0 Å². The van der Waals surface area contributed by atoms with Gasteiger partial charge < -0.3 is 10.2 Å². The zero-order valence-electron chi connectivity index (χ0n) is 19.4. The summed E-state index contributed by atoms with van der Waals surface area (Å²) in [4.78, 5) is 28.5. The Balaban J connectivity index is 1.58. The first kappa shape index (κ1) is 24.6. The highest BCUT2D eigenvalue weighted by Gasteiger charge is 2.26. The van der Waals surface area contributed by atoms with Crippen LogP contribution in [0.25, 0.3) is 0 Å². The van der Waals surface area contributed by atoms with Gasteiger partial charge in [0.2, 0.25) is 0 Å². The van der Waals surface area contributed by atoms with Gasteiger partial charge in [0.15, 0.2) is 0 Å². The van der Waals surface area contributed by atoms with E-state index in [1.165, 1.54) is 30.3 Å². The van der Waals surface area contributed by atoms with Crippen molar-refractivity contribution in [1.82, 2.24) is 10.2 Å². The van der Waals surface area contributed by atoms with Crippen LogP contribution in [0.3, 0.4) is 0 Å². The molecule has 9 heteroatoms. The molecule has 2 fully saturated rings. The third-order valence-corrected chi connectivity index (χ3v) is 8.62. The van der Waals surface area contributed by atoms with E-state index in [-0.39, 0.29) is 34.0 Å². The van der Waals surface area contributed by atoms with Gasteiger partial charge in [0, 0.05) is 24.0 Å². The molecule has 1 heterocycles. The number of amides is 2. The van der Waals surface area contributed by atoms with Gasteiger partial charge in [0.25, 0.3) is 21.8 Å². The van der Waals surface area contributed by atoms with Gasteiger partial charge in [-0.2, -0.15) is 0 Å². The van der Waals surface area contributed by atoms with E-state index < -0.39 is 10.0 Å². The summed E-state index contributed by atoms with van der Waals surface area (Å²) in [5.41, 5.74) is 0.892. The van der Waals surface area contributed by atoms with E-state index >= 15 is 0 Å². The van der Waals surface area contributed by atoms with Gasteiger partial charge in [-0.3, -0.25) is 14.3 Å². The Hall–Kier alpha value is -2.52. The first-order chi connectivity index (χ1) is 16.4. The lowest BCUT2D eigenvalue weighted by atomic mass is 9.95. The first-order valence-corrected chi connectivity index (χ1v) is 14.5. The molecule has 2 aromatic rings. The number of hydrogen-bond acceptors (Lipinski definition) is 5. The second-order valence-electron chi connectivity index (χ2n) is 8.82. The van der Waals surface area contributed by atoms with Gasteiger partial charge in [0.05, 0.1) is 21.7 Å². The lowest BCUT2D eigenvalue weighted by molar-refractivity contribution is 0.0788. The van der Waals surface area contributed by atoms with Crippen LogP contribution in [-0.4, -0.2) is 50.5 Å². The minimum atomic E-state index is -4.02. The Bertz CT molecular complexity index is 1150. The van der Waals surface area contributed by atoms with Crippen molar-refractivity contribution in [3.63, 3.8) is 0 Å². The smallest absolute Gasteiger partial charge is 0.261 e. The minimum absolute atomic E-state index is 0.00432. The first-order valence-electron chi connectivity index (χ1n) is 11.8. The number of likely N-dealkylation sites (tertiary alicyclic amines) is 1. The predicted octanol–water partition coefficient (Wildman–Crippen LogP) is 4.51. The van der Waals surface area contributed by atoms with Crippen molar-refractivity contribution in [2.45, 2.75) is 60.8 Å². The predicted molar refractivity (Wildman–Crippen MR) is 135 cm³/mol. The lowest BCUT2D eigenvalue weighted by Crippen LogP contribution is -2.36. The molecule has 0 radical (unpaired) electrons. The van der Waals surface area contributed by atoms with Gasteiger partial charge in [-0.05, 0) is 62.3 Å². The van der Waals surface area contributed by atoms with Gasteiger partial charge in [0.1, 0.15) is 0 Å². The molecule has 4 rings (SSSR count). The number of anilines is 1. The number of hydrogen-bond donors (Lipinski definition) is 2. The Labute approximate surface area is 205 Å². The summed E-state index contributed by atoms with van der Waals surface area (Å²) in [5.74, 6) is -0.431. The highest BCUT2D eigenvalue weighted by atomic mass is 32.2. The third kappa shape index (κ3) is 5.58. The summed E-state index contributed by atoms with van der Waals surface area (Å²) >= 11 is 1.41. The number of sulfonamides is 1. The van der Waals surface area contributed by atoms with E-state index in [2.05, 4.69) is 10.0 Å². The van der Waals surface area contributed by atoms with E-state index in [9.17, 15) is 18.0 Å². The minimum Gasteiger partial charge on any atom is -0.349 e. The largest absolute Gasteiger partial charge is 0.349 e. The molecule has 0 spiro atoms. The second-order valence-corrected chi connectivity index (χ2v) is 11.4. The molecule has 2 aromatic carbocycles. The molecule has 182 valence electrons. The number of carbonyl (C=O) groups is 2. The molecule has 7 nitrogen and oxygen atoms in total. The Morgan fingerprint density at radius 1 is 0.941 bits per heavy atom. The average Bonchev–Trinajstić information content (AvgIpc) is 3.39. The molecule has 1 saturated carbocycles. The summed E-state index contributed by atoms with van der Waals surface area (Å²) < 4.78 is 29.1. The van der Waals surface area contributed by atoms with Crippen LogP contribution in [0.5, 0.6) is 0 Å². The summed E-state index contributed by atoms with van der Waals surface area (Å²) in [6.07, 6.45) is 9.02. The fraction of sp³-hybridized carbons (Fsp3) is 0.440. The van der Waals surface area contributed by atoms with E-state index in [4.69, 9.17) is 0 Å². The molecule has 0 unspecified atom stereocenters. The highest BCUT2D eigenvalue weighted by Crippen LogP contribution is 2.28. The molecule has 0 bridgehead atoms.